The lowest BCUT2D eigenvalue weighted by Crippen LogP contribution is -2.27. The van der Waals surface area contributed by atoms with Crippen molar-refractivity contribution in [2.45, 2.75) is 19.4 Å². The van der Waals surface area contributed by atoms with E-state index in [1.54, 1.807) is 6.07 Å². The second kappa shape index (κ2) is 5.17. The van der Waals surface area contributed by atoms with E-state index >= 15 is 0 Å². The lowest BCUT2D eigenvalue weighted by atomic mass is 10.1. The van der Waals surface area contributed by atoms with Gasteiger partial charge < -0.3 is 5.32 Å². The van der Waals surface area contributed by atoms with Crippen molar-refractivity contribution >= 4 is 21.6 Å². The Morgan fingerprint density at radius 1 is 1.32 bits per heavy atom. The number of aromatic nitrogens is 2. The molecule has 0 atom stereocenters. The van der Waals surface area contributed by atoms with Crippen molar-refractivity contribution in [1.29, 1.82) is 0 Å². The van der Waals surface area contributed by atoms with Crippen LogP contribution in [0.4, 0.5) is 5.69 Å². The molecule has 98 valence electrons. The summed E-state index contributed by atoms with van der Waals surface area (Å²) in [6.07, 6.45) is 2.00. The summed E-state index contributed by atoms with van der Waals surface area (Å²) >= 11 is 3.40. The van der Waals surface area contributed by atoms with Gasteiger partial charge in [0, 0.05) is 17.1 Å². The Morgan fingerprint density at radius 2 is 2.11 bits per heavy atom. The lowest BCUT2D eigenvalue weighted by Gasteiger charge is -2.17. The van der Waals surface area contributed by atoms with Crippen molar-refractivity contribution < 1.29 is 0 Å². The molecule has 0 saturated heterocycles. The summed E-state index contributed by atoms with van der Waals surface area (Å²) in [5.41, 5.74) is 2.89. The van der Waals surface area contributed by atoms with Gasteiger partial charge in [0.25, 0.3) is 5.56 Å². The van der Waals surface area contributed by atoms with Crippen LogP contribution >= 0.6 is 15.9 Å². The van der Waals surface area contributed by atoms with E-state index in [0.29, 0.717) is 6.54 Å². The Hall–Kier alpha value is -1.62. The third-order valence-corrected chi connectivity index (χ3v) is 3.75. The number of hydrogen-bond donors (Lipinski definition) is 1. The number of anilines is 1. The standard InChI is InChI=1S/C14H14BrN3O/c15-11-5-3-10(4-6-11)9-18-14(19)8-13-12(17-18)2-1-7-16-13/h3-6,8,16H,1-2,7,9H2. The summed E-state index contributed by atoms with van der Waals surface area (Å²) in [6, 6.07) is 9.59. The zero-order valence-corrected chi connectivity index (χ0v) is 12.0. The number of nitrogens with one attached hydrogen (secondary N) is 1. The fourth-order valence-corrected chi connectivity index (χ4v) is 2.49. The first kappa shape index (κ1) is 12.4. The van der Waals surface area contributed by atoms with Crippen molar-refractivity contribution in [2.24, 2.45) is 0 Å². The summed E-state index contributed by atoms with van der Waals surface area (Å²) in [6.45, 7) is 1.43. The third-order valence-electron chi connectivity index (χ3n) is 3.23. The molecule has 1 N–H and O–H groups in total. The minimum absolute atomic E-state index is 0.0592. The van der Waals surface area contributed by atoms with Crippen LogP contribution in [0.3, 0.4) is 0 Å². The van der Waals surface area contributed by atoms with E-state index in [-0.39, 0.29) is 5.56 Å². The molecule has 1 aromatic carbocycles. The van der Waals surface area contributed by atoms with Gasteiger partial charge in [-0.1, -0.05) is 28.1 Å². The van der Waals surface area contributed by atoms with Gasteiger partial charge in [-0.15, -0.1) is 0 Å². The Labute approximate surface area is 119 Å². The maximum atomic E-state index is 12.0. The van der Waals surface area contributed by atoms with Gasteiger partial charge in [0.05, 0.1) is 17.9 Å². The van der Waals surface area contributed by atoms with Gasteiger partial charge in [0.15, 0.2) is 0 Å². The molecule has 0 amide bonds. The summed E-state index contributed by atoms with van der Waals surface area (Å²) in [7, 11) is 0. The average molecular weight is 320 g/mol. The quantitative estimate of drug-likeness (QED) is 0.924. The molecular formula is C14H14BrN3O. The van der Waals surface area contributed by atoms with Crippen LogP contribution in [0.15, 0.2) is 39.6 Å². The molecule has 2 heterocycles. The molecule has 1 aromatic heterocycles. The van der Waals surface area contributed by atoms with E-state index in [0.717, 1.165) is 40.8 Å². The van der Waals surface area contributed by atoms with E-state index in [9.17, 15) is 4.79 Å². The van der Waals surface area contributed by atoms with Crippen molar-refractivity contribution in [3.8, 4) is 0 Å². The maximum Gasteiger partial charge on any atom is 0.269 e. The number of hydrogen-bond acceptors (Lipinski definition) is 3. The molecule has 0 saturated carbocycles. The minimum Gasteiger partial charge on any atom is -0.383 e. The SMILES string of the molecule is O=c1cc2c(nn1Cc1ccc(Br)cc1)CCCN2. The van der Waals surface area contributed by atoms with Crippen LogP contribution in [0, 0.1) is 0 Å². The number of aryl methyl sites for hydroxylation is 1. The van der Waals surface area contributed by atoms with E-state index in [2.05, 4.69) is 26.3 Å². The van der Waals surface area contributed by atoms with Crippen molar-refractivity contribution in [1.82, 2.24) is 9.78 Å². The highest BCUT2D eigenvalue weighted by atomic mass is 79.9. The Kier molecular flexibility index (Phi) is 3.38. The van der Waals surface area contributed by atoms with Crippen molar-refractivity contribution in [3.63, 3.8) is 0 Å². The van der Waals surface area contributed by atoms with Crippen LogP contribution in [0.25, 0.3) is 0 Å². The summed E-state index contributed by atoms with van der Waals surface area (Å²) in [5.74, 6) is 0. The summed E-state index contributed by atoms with van der Waals surface area (Å²) in [5, 5.41) is 7.68. The monoisotopic (exact) mass is 319 g/mol. The van der Waals surface area contributed by atoms with Gasteiger partial charge in [0.1, 0.15) is 0 Å². The summed E-state index contributed by atoms with van der Waals surface area (Å²) < 4.78 is 2.57. The molecule has 5 heteroatoms. The smallest absolute Gasteiger partial charge is 0.269 e. The first-order valence-electron chi connectivity index (χ1n) is 6.32. The molecule has 1 aliphatic heterocycles. The number of halogens is 1. The zero-order valence-electron chi connectivity index (χ0n) is 10.4. The first-order valence-corrected chi connectivity index (χ1v) is 7.11. The topological polar surface area (TPSA) is 46.9 Å². The normalized spacial score (nSPS) is 13.7. The molecule has 3 rings (SSSR count). The minimum atomic E-state index is -0.0592. The number of benzene rings is 1. The summed E-state index contributed by atoms with van der Waals surface area (Å²) in [4.78, 5) is 12.0. The molecule has 0 aliphatic carbocycles. The van der Waals surface area contributed by atoms with Gasteiger partial charge in [-0.3, -0.25) is 4.79 Å². The molecule has 0 unspecified atom stereocenters. The van der Waals surface area contributed by atoms with Gasteiger partial charge in [0.2, 0.25) is 0 Å². The van der Waals surface area contributed by atoms with Crippen molar-refractivity contribution in [3.05, 3.63) is 56.4 Å². The van der Waals surface area contributed by atoms with Crippen LogP contribution in [0.1, 0.15) is 17.7 Å². The third kappa shape index (κ3) is 2.71. The molecular weight excluding hydrogens is 306 g/mol. The van der Waals surface area contributed by atoms with Crippen molar-refractivity contribution in [2.75, 3.05) is 11.9 Å². The molecule has 19 heavy (non-hydrogen) atoms. The largest absolute Gasteiger partial charge is 0.383 e. The molecule has 4 nitrogen and oxygen atoms in total. The van der Waals surface area contributed by atoms with Gasteiger partial charge >= 0.3 is 0 Å². The van der Waals surface area contributed by atoms with Gasteiger partial charge in [-0.05, 0) is 30.5 Å². The highest BCUT2D eigenvalue weighted by Gasteiger charge is 2.12. The Bertz CT molecular complexity index is 649. The predicted octanol–water partition coefficient (Wildman–Crippen LogP) is 2.41. The second-order valence-corrected chi connectivity index (χ2v) is 5.57. The number of nitrogens with zero attached hydrogens (tertiary/aromatic N) is 2. The number of fused-ring (bicyclic) bond motifs is 1. The molecule has 0 bridgehead atoms. The van der Waals surface area contributed by atoms with Crippen LogP contribution in [-0.2, 0) is 13.0 Å². The van der Waals surface area contributed by atoms with E-state index in [1.165, 1.54) is 4.68 Å². The van der Waals surface area contributed by atoms with E-state index < -0.39 is 0 Å². The van der Waals surface area contributed by atoms with Gasteiger partial charge in [-0.25, -0.2) is 4.68 Å². The highest BCUT2D eigenvalue weighted by molar-refractivity contribution is 9.10. The lowest BCUT2D eigenvalue weighted by molar-refractivity contribution is 0.608. The first-order chi connectivity index (χ1) is 9.22. The van der Waals surface area contributed by atoms with E-state index in [1.807, 2.05) is 24.3 Å². The molecule has 0 spiro atoms. The maximum absolute atomic E-state index is 12.0. The Balaban J connectivity index is 1.92. The predicted molar refractivity (Wildman–Crippen MR) is 78.6 cm³/mol. The second-order valence-electron chi connectivity index (χ2n) is 4.66. The molecule has 0 radical (unpaired) electrons. The fourth-order valence-electron chi connectivity index (χ4n) is 2.22. The molecule has 0 fully saturated rings. The Morgan fingerprint density at radius 3 is 2.89 bits per heavy atom. The average Bonchev–Trinajstić information content (AvgIpc) is 2.42. The van der Waals surface area contributed by atoms with Gasteiger partial charge in [-0.2, -0.15) is 5.10 Å². The van der Waals surface area contributed by atoms with Crippen LogP contribution in [-0.4, -0.2) is 16.3 Å². The van der Waals surface area contributed by atoms with Crippen LogP contribution in [0.5, 0.6) is 0 Å². The zero-order chi connectivity index (χ0) is 13.2. The highest BCUT2D eigenvalue weighted by Crippen LogP contribution is 2.17. The fraction of sp³-hybridized carbons (Fsp3) is 0.286. The van der Waals surface area contributed by atoms with Crippen LogP contribution < -0.4 is 10.9 Å². The molecule has 1 aliphatic rings. The van der Waals surface area contributed by atoms with E-state index in [4.69, 9.17) is 0 Å². The van der Waals surface area contributed by atoms with Crippen LogP contribution in [0.2, 0.25) is 0 Å². The molecule has 2 aromatic rings. The number of rotatable bonds is 2.